The third-order valence-corrected chi connectivity index (χ3v) is 5.96. The number of rotatable bonds is 4. The molecule has 0 atom stereocenters. The molecule has 29 heavy (non-hydrogen) atoms. The minimum atomic E-state index is -4.14. The summed E-state index contributed by atoms with van der Waals surface area (Å²) >= 11 is 6.98. The number of sulfonamides is 1. The summed E-state index contributed by atoms with van der Waals surface area (Å²) in [5.41, 5.74) is 5.83. The standard InChI is InChI=1S/C16H13ClN4O5S2.K/c1-27-16-20-13-10(5-3-8(12(13)18)15(23)24)21(16)14(22)7-2-4-9(17)11(6-7)28(19,25)26;/h2-6H,18H2,1H3,(H,23,24)(H2,19,25,26);/q;+1/p-1. The van der Waals surface area contributed by atoms with Crippen LogP contribution in [-0.4, -0.2) is 36.1 Å². The molecule has 0 saturated carbocycles. The van der Waals surface area contributed by atoms with E-state index in [1.165, 1.54) is 28.8 Å². The van der Waals surface area contributed by atoms with Gasteiger partial charge in [0, 0.05) is 11.1 Å². The van der Waals surface area contributed by atoms with Gasteiger partial charge in [0.05, 0.1) is 22.2 Å². The van der Waals surface area contributed by atoms with Gasteiger partial charge in [-0.25, -0.2) is 18.5 Å². The van der Waals surface area contributed by atoms with E-state index in [2.05, 4.69) is 4.98 Å². The number of aromatic carboxylic acids is 1. The topological polar surface area (TPSA) is 161 Å². The number of nitrogen functional groups attached to an aromatic ring is 1. The molecule has 0 saturated heterocycles. The molecule has 4 N–H and O–H groups in total. The molecule has 9 nitrogen and oxygen atoms in total. The number of benzene rings is 2. The van der Waals surface area contributed by atoms with E-state index in [0.717, 1.165) is 17.8 Å². The Balaban J connectivity index is 0.00000300. The zero-order valence-electron chi connectivity index (χ0n) is 15.2. The van der Waals surface area contributed by atoms with Crippen LogP contribution in [0.2, 0.25) is 5.02 Å². The van der Waals surface area contributed by atoms with Gasteiger partial charge in [-0.15, -0.1) is 0 Å². The molecule has 0 aliphatic carbocycles. The zero-order valence-corrected chi connectivity index (χ0v) is 20.7. The van der Waals surface area contributed by atoms with E-state index in [0.29, 0.717) is 0 Å². The maximum atomic E-state index is 13.1. The molecule has 0 bridgehead atoms. The van der Waals surface area contributed by atoms with E-state index < -0.39 is 26.8 Å². The first-order valence-corrected chi connectivity index (χ1v) is 10.6. The summed E-state index contributed by atoms with van der Waals surface area (Å²) in [6.07, 6.45) is 1.67. The van der Waals surface area contributed by atoms with Gasteiger partial charge < -0.3 is 15.6 Å². The Hall–Kier alpha value is -0.964. The molecule has 13 heteroatoms. The van der Waals surface area contributed by atoms with Gasteiger partial charge in [-0.1, -0.05) is 23.4 Å². The van der Waals surface area contributed by atoms with Gasteiger partial charge in [0.2, 0.25) is 10.0 Å². The fourth-order valence-corrected chi connectivity index (χ4v) is 4.26. The number of halogens is 1. The Morgan fingerprint density at radius 3 is 2.45 bits per heavy atom. The van der Waals surface area contributed by atoms with E-state index in [1.807, 2.05) is 0 Å². The molecule has 0 spiro atoms. The minimum Gasteiger partial charge on any atom is -0.545 e. The van der Waals surface area contributed by atoms with Gasteiger partial charge in [0.25, 0.3) is 5.91 Å². The summed E-state index contributed by atoms with van der Waals surface area (Å²) < 4.78 is 24.6. The number of aromatic nitrogens is 2. The second-order valence-electron chi connectivity index (χ2n) is 5.61. The predicted octanol–water partition coefficient (Wildman–Crippen LogP) is -2.30. The Labute approximate surface area is 217 Å². The number of hydrogen-bond donors (Lipinski definition) is 2. The SMILES string of the molecule is CSc1nc2c(N)c(C(=O)[O-])ccc2n1C(=O)c1ccc(Cl)c(S(N)(=O)=O)c1.[K+]. The van der Waals surface area contributed by atoms with Crippen molar-refractivity contribution in [3.05, 3.63) is 46.5 Å². The average Bonchev–Trinajstić information content (AvgIpc) is 3.00. The Morgan fingerprint density at radius 2 is 1.90 bits per heavy atom. The number of carboxylic acids is 1. The number of thioether (sulfide) groups is 1. The summed E-state index contributed by atoms with van der Waals surface area (Å²) in [7, 11) is -4.14. The van der Waals surface area contributed by atoms with E-state index in [9.17, 15) is 23.1 Å². The van der Waals surface area contributed by atoms with E-state index in [4.69, 9.17) is 22.5 Å². The fraction of sp³-hybridized carbons (Fsp3) is 0.0625. The third kappa shape index (κ3) is 4.55. The molecule has 3 rings (SSSR count). The summed E-state index contributed by atoms with van der Waals surface area (Å²) in [6.45, 7) is 0. The van der Waals surface area contributed by atoms with Crippen molar-refractivity contribution in [1.82, 2.24) is 9.55 Å². The van der Waals surface area contributed by atoms with Crippen molar-refractivity contribution >= 4 is 62.0 Å². The second-order valence-corrected chi connectivity index (χ2v) is 8.32. The number of fused-ring (bicyclic) bond motifs is 1. The number of carboxylic acid groups (broad SMARTS) is 1. The van der Waals surface area contributed by atoms with Gasteiger partial charge in [0.1, 0.15) is 10.4 Å². The molecule has 1 heterocycles. The van der Waals surface area contributed by atoms with E-state index in [-0.39, 0.29) is 89.4 Å². The summed E-state index contributed by atoms with van der Waals surface area (Å²) in [4.78, 5) is 28.1. The average molecular weight is 479 g/mol. The van der Waals surface area contributed by atoms with Gasteiger partial charge in [-0.2, -0.15) is 0 Å². The van der Waals surface area contributed by atoms with Crippen molar-refractivity contribution in [2.45, 2.75) is 10.1 Å². The van der Waals surface area contributed by atoms with Gasteiger partial charge in [-0.3, -0.25) is 9.36 Å². The normalized spacial score (nSPS) is 11.3. The molecule has 0 aliphatic rings. The maximum Gasteiger partial charge on any atom is 1.00 e. The van der Waals surface area contributed by atoms with Crippen LogP contribution in [0.3, 0.4) is 0 Å². The number of primary sulfonamides is 1. The summed E-state index contributed by atoms with van der Waals surface area (Å²) in [5.74, 6) is -2.09. The smallest absolute Gasteiger partial charge is 0.545 e. The van der Waals surface area contributed by atoms with Crippen molar-refractivity contribution in [3.63, 3.8) is 0 Å². The number of imidazole rings is 1. The number of nitrogens with zero attached hydrogens (tertiary/aromatic N) is 2. The van der Waals surface area contributed by atoms with Gasteiger partial charge in [0.15, 0.2) is 5.16 Å². The Bertz CT molecular complexity index is 1260. The molecule has 0 amide bonds. The summed E-state index contributed by atoms with van der Waals surface area (Å²) in [5, 5.41) is 16.4. The molecule has 0 unspecified atom stereocenters. The quantitative estimate of drug-likeness (QED) is 0.240. The number of nitrogens with two attached hydrogens (primary N) is 2. The first-order chi connectivity index (χ1) is 13.1. The molecular weight excluding hydrogens is 467 g/mol. The number of anilines is 1. The van der Waals surface area contributed by atoms with Crippen LogP contribution < -0.4 is 67.4 Å². The molecule has 2 aromatic carbocycles. The number of carbonyl (C=O) groups excluding carboxylic acids is 2. The van der Waals surface area contributed by atoms with Crippen molar-refractivity contribution in [2.24, 2.45) is 5.14 Å². The zero-order chi connectivity index (χ0) is 20.8. The fourth-order valence-electron chi connectivity index (χ4n) is 2.64. The molecular formula is C16H12ClKN4O5S2. The van der Waals surface area contributed by atoms with Crippen LogP contribution >= 0.6 is 23.4 Å². The van der Waals surface area contributed by atoms with Gasteiger partial charge >= 0.3 is 51.4 Å². The first-order valence-electron chi connectivity index (χ1n) is 7.49. The van der Waals surface area contributed by atoms with E-state index >= 15 is 0 Å². The van der Waals surface area contributed by atoms with Crippen molar-refractivity contribution in [2.75, 3.05) is 12.0 Å². The van der Waals surface area contributed by atoms with Crippen LogP contribution in [0.1, 0.15) is 20.7 Å². The molecule has 0 fully saturated rings. The predicted molar refractivity (Wildman–Crippen MR) is 103 cm³/mol. The molecule has 1 aromatic heterocycles. The van der Waals surface area contributed by atoms with Crippen LogP contribution in [0.4, 0.5) is 5.69 Å². The van der Waals surface area contributed by atoms with Crippen LogP contribution in [0.5, 0.6) is 0 Å². The number of carbonyl (C=O) groups is 2. The molecule has 0 radical (unpaired) electrons. The van der Waals surface area contributed by atoms with E-state index in [1.54, 1.807) is 6.26 Å². The van der Waals surface area contributed by atoms with Crippen molar-refractivity contribution < 1.29 is 74.5 Å². The monoisotopic (exact) mass is 478 g/mol. The Morgan fingerprint density at radius 1 is 1.24 bits per heavy atom. The maximum absolute atomic E-state index is 13.1. The van der Waals surface area contributed by atoms with Crippen LogP contribution in [0.15, 0.2) is 40.4 Å². The van der Waals surface area contributed by atoms with Crippen LogP contribution in [0, 0.1) is 0 Å². The first kappa shape index (κ1) is 24.3. The largest absolute Gasteiger partial charge is 1.00 e. The molecule has 3 aromatic rings. The Kier molecular flexibility index (Phi) is 7.57. The minimum absolute atomic E-state index is 0. The van der Waals surface area contributed by atoms with Crippen LogP contribution in [0.25, 0.3) is 11.0 Å². The van der Waals surface area contributed by atoms with Crippen molar-refractivity contribution in [3.8, 4) is 0 Å². The van der Waals surface area contributed by atoms with Crippen LogP contribution in [-0.2, 0) is 10.0 Å². The molecule has 0 aliphatic heterocycles. The van der Waals surface area contributed by atoms with Gasteiger partial charge in [-0.05, 0) is 36.6 Å². The number of hydrogen-bond acceptors (Lipinski definition) is 8. The summed E-state index contributed by atoms with van der Waals surface area (Å²) in [6, 6.07) is 6.23. The van der Waals surface area contributed by atoms with Crippen molar-refractivity contribution in [1.29, 1.82) is 0 Å². The third-order valence-electron chi connectivity index (χ3n) is 3.93. The molecule has 146 valence electrons. The second kappa shape index (κ2) is 9.04.